The minimum absolute atomic E-state index is 0.348. The normalized spacial score (nSPS) is 19.5. The first-order chi connectivity index (χ1) is 10.4. The molecule has 2 rings (SSSR count). The molecule has 1 atom stereocenters. The van der Waals surface area contributed by atoms with Gasteiger partial charge in [0.25, 0.3) is 0 Å². The highest BCUT2D eigenvalue weighted by atomic mass is 16.3. The van der Waals surface area contributed by atoms with E-state index in [-0.39, 0.29) is 0 Å². The smallest absolute Gasteiger partial charge is 0.0916 e. The Balaban J connectivity index is 1.89. The summed E-state index contributed by atoms with van der Waals surface area (Å²) in [5, 5.41) is 10.3. The Labute approximate surface area is 135 Å². The zero-order valence-corrected chi connectivity index (χ0v) is 14.6. The molecule has 0 saturated heterocycles. The number of allylic oxidation sites excluding steroid dienone is 1. The van der Waals surface area contributed by atoms with Crippen LogP contribution in [0.5, 0.6) is 0 Å². The van der Waals surface area contributed by atoms with Crippen molar-refractivity contribution in [2.24, 2.45) is 5.41 Å². The summed E-state index contributed by atoms with van der Waals surface area (Å²) in [5.74, 6) is 0. The Kier molecular flexibility index (Phi) is 5.82. The third-order valence-corrected chi connectivity index (χ3v) is 5.10. The molecule has 122 valence electrons. The van der Waals surface area contributed by atoms with E-state index in [1.54, 1.807) is 11.1 Å². The fourth-order valence-corrected chi connectivity index (χ4v) is 3.70. The molecule has 2 heteroatoms. The molecule has 1 N–H and O–H groups in total. The van der Waals surface area contributed by atoms with Crippen LogP contribution in [0.3, 0.4) is 0 Å². The first-order valence-corrected chi connectivity index (χ1v) is 8.51. The van der Waals surface area contributed by atoms with Crippen LogP contribution in [0, 0.1) is 5.41 Å². The first-order valence-electron chi connectivity index (χ1n) is 8.51. The van der Waals surface area contributed by atoms with Gasteiger partial charge in [0.05, 0.1) is 6.10 Å². The lowest BCUT2D eigenvalue weighted by molar-refractivity contribution is 0.126. The maximum atomic E-state index is 10.3. The van der Waals surface area contributed by atoms with Crippen LogP contribution in [0.1, 0.15) is 58.1 Å². The van der Waals surface area contributed by atoms with Crippen molar-refractivity contribution >= 4 is 0 Å². The fourth-order valence-electron chi connectivity index (χ4n) is 3.70. The van der Waals surface area contributed by atoms with E-state index in [4.69, 9.17) is 0 Å². The summed E-state index contributed by atoms with van der Waals surface area (Å²) < 4.78 is 0. The average Bonchev–Trinajstić information content (AvgIpc) is 2.47. The molecule has 0 heterocycles. The Hall–Kier alpha value is -1.12. The molecule has 0 saturated carbocycles. The summed E-state index contributed by atoms with van der Waals surface area (Å²) in [6.45, 7) is 8.76. The molecule has 0 unspecified atom stereocenters. The average molecular weight is 301 g/mol. The van der Waals surface area contributed by atoms with Crippen molar-refractivity contribution < 1.29 is 5.11 Å². The van der Waals surface area contributed by atoms with Crippen LogP contribution in [0.2, 0.25) is 0 Å². The van der Waals surface area contributed by atoms with Crippen LogP contribution in [-0.2, 0) is 0 Å². The molecule has 0 aliphatic heterocycles. The lowest BCUT2D eigenvalue weighted by atomic mass is 9.71. The standard InChI is InChI=1S/C20H31NO/c1-16-9-8-13-20(2,3)18(16)12-14-21(4)15-19(22)17-10-6-5-7-11-17/h5-7,10-11,19,22H,8-9,12-15H2,1-4H3/t19-/m1/s1. The number of nitrogens with zero attached hydrogens (tertiary/aromatic N) is 1. The van der Waals surface area contributed by atoms with Gasteiger partial charge in [-0.05, 0) is 50.6 Å². The van der Waals surface area contributed by atoms with E-state index in [9.17, 15) is 5.11 Å². The topological polar surface area (TPSA) is 23.5 Å². The largest absolute Gasteiger partial charge is 0.387 e. The molecular formula is C20H31NO. The van der Waals surface area contributed by atoms with E-state index >= 15 is 0 Å². The number of aliphatic hydroxyl groups is 1. The molecular weight excluding hydrogens is 270 g/mol. The fraction of sp³-hybridized carbons (Fsp3) is 0.600. The van der Waals surface area contributed by atoms with E-state index in [0.717, 1.165) is 18.5 Å². The predicted octanol–water partition coefficient (Wildman–Crippen LogP) is 4.57. The third-order valence-electron chi connectivity index (χ3n) is 5.10. The van der Waals surface area contributed by atoms with Gasteiger partial charge in [0.1, 0.15) is 0 Å². The van der Waals surface area contributed by atoms with Crippen LogP contribution in [0.25, 0.3) is 0 Å². The first kappa shape index (κ1) is 17.2. The molecule has 0 radical (unpaired) electrons. The van der Waals surface area contributed by atoms with Gasteiger partial charge in [0.15, 0.2) is 0 Å². The molecule has 1 aliphatic carbocycles. The second-order valence-electron chi connectivity index (χ2n) is 7.44. The van der Waals surface area contributed by atoms with Crippen molar-refractivity contribution in [3.63, 3.8) is 0 Å². The molecule has 0 amide bonds. The Morgan fingerprint density at radius 2 is 1.91 bits per heavy atom. The Bertz CT molecular complexity index is 504. The van der Waals surface area contributed by atoms with Gasteiger partial charge in [-0.25, -0.2) is 0 Å². The molecule has 1 aromatic carbocycles. The molecule has 2 nitrogen and oxygen atoms in total. The van der Waals surface area contributed by atoms with Crippen molar-refractivity contribution in [2.45, 2.75) is 52.6 Å². The second-order valence-corrected chi connectivity index (χ2v) is 7.44. The van der Waals surface area contributed by atoms with Gasteiger partial charge in [-0.2, -0.15) is 0 Å². The summed E-state index contributed by atoms with van der Waals surface area (Å²) in [6.07, 6.45) is 4.60. The van der Waals surface area contributed by atoms with Crippen molar-refractivity contribution in [1.82, 2.24) is 4.90 Å². The monoisotopic (exact) mass is 301 g/mol. The van der Waals surface area contributed by atoms with Gasteiger partial charge >= 0.3 is 0 Å². The van der Waals surface area contributed by atoms with E-state index in [2.05, 4.69) is 32.7 Å². The van der Waals surface area contributed by atoms with Gasteiger partial charge in [0.2, 0.25) is 0 Å². The minimum atomic E-state index is -0.402. The zero-order chi connectivity index (χ0) is 16.2. The highest BCUT2D eigenvalue weighted by Crippen LogP contribution is 2.41. The lowest BCUT2D eigenvalue weighted by Crippen LogP contribution is -2.28. The van der Waals surface area contributed by atoms with Gasteiger partial charge in [-0.15, -0.1) is 0 Å². The number of rotatable bonds is 6. The molecule has 0 bridgehead atoms. The molecule has 0 aromatic heterocycles. The highest BCUT2D eigenvalue weighted by Gasteiger charge is 2.28. The van der Waals surface area contributed by atoms with Crippen molar-refractivity contribution in [3.05, 3.63) is 47.0 Å². The van der Waals surface area contributed by atoms with E-state index in [1.807, 2.05) is 30.3 Å². The number of likely N-dealkylation sites (N-methyl/N-ethyl adjacent to an activating group) is 1. The quantitative estimate of drug-likeness (QED) is 0.778. The van der Waals surface area contributed by atoms with Gasteiger partial charge in [-0.3, -0.25) is 0 Å². The Morgan fingerprint density at radius 1 is 1.23 bits per heavy atom. The molecule has 1 aliphatic rings. The summed E-state index contributed by atoms with van der Waals surface area (Å²) in [7, 11) is 2.11. The lowest BCUT2D eigenvalue weighted by Gasteiger charge is -2.35. The molecule has 0 fully saturated rings. The number of benzene rings is 1. The van der Waals surface area contributed by atoms with Gasteiger partial charge < -0.3 is 10.0 Å². The van der Waals surface area contributed by atoms with Crippen LogP contribution in [0.15, 0.2) is 41.5 Å². The third kappa shape index (κ3) is 4.44. The summed E-state index contributed by atoms with van der Waals surface area (Å²) in [4.78, 5) is 2.25. The van der Waals surface area contributed by atoms with Gasteiger partial charge in [0, 0.05) is 13.1 Å². The number of hydrogen-bond donors (Lipinski definition) is 1. The van der Waals surface area contributed by atoms with Crippen molar-refractivity contribution in [2.75, 3.05) is 20.1 Å². The van der Waals surface area contributed by atoms with Crippen molar-refractivity contribution in [1.29, 1.82) is 0 Å². The maximum absolute atomic E-state index is 10.3. The predicted molar refractivity (Wildman–Crippen MR) is 93.8 cm³/mol. The summed E-state index contributed by atoms with van der Waals surface area (Å²) in [6, 6.07) is 9.94. The Morgan fingerprint density at radius 3 is 2.55 bits per heavy atom. The van der Waals surface area contributed by atoms with E-state index < -0.39 is 6.10 Å². The number of aliphatic hydroxyl groups excluding tert-OH is 1. The van der Waals surface area contributed by atoms with Gasteiger partial charge in [-0.1, -0.05) is 55.3 Å². The summed E-state index contributed by atoms with van der Waals surface area (Å²) in [5.41, 5.74) is 4.58. The van der Waals surface area contributed by atoms with Crippen LogP contribution >= 0.6 is 0 Å². The molecule has 0 spiro atoms. The summed E-state index contributed by atoms with van der Waals surface area (Å²) >= 11 is 0. The minimum Gasteiger partial charge on any atom is -0.387 e. The van der Waals surface area contributed by atoms with E-state index in [0.29, 0.717) is 12.0 Å². The second kappa shape index (κ2) is 7.43. The van der Waals surface area contributed by atoms with Crippen molar-refractivity contribution in [3.8, 4) is 0 Å². The van der Waals surface area contributed by atoms with Crippen LogP contribution in [-0.4, -0.2) is 30.1 Å². The SMILES string of the molecule is CC1=C(CCN(C)C[C@@H](O)c2ccccc2)C(C)(C)CCC1. The maximum Gasteiger partial charge on any atom is 0.0916 e. The van der Waals surface area contributed by atoms with Crippen LogP contribution < -0.4 is 0 Å². The molecule has 22 heavy (non-hydrogen) atoms. The number of hydrogen-bond acceptors (Lipinski definition) is 2. The molecule has 1 aromatic rings. The zero-order valence-electron chi connectivity index (χ0n) is 14.6. The van der Waals surface area contributed by atoms with Crippen LogP contribution in [0.4, 0.5) is 0 Å². The highest BCUT2D eigenvalue weighted by molar-refractivity contribution is 5.22. The van der Waals surface area contributed by atoms with E-state index in [1.165, 1.54) is 19.3 Å².